The number of carbonyl (C=O) groups excluding carboxylic acids is 1. The number of hydrazone groups is 1. The monoisotopic (exact) mass is 295 g/mol. The average molecular weight is 296 g/mol. The molecule has 0 aliphatic rings. The fraction of sp³-hybridized carbons (Fsp3) is 0. The van der Waals surface area contributed by atoms with E-state index in [1.54, 1.807) is 24.5 Å². The molecule has 1 N–H and O–H groups in total. The molecule has 0 aliphatic carbocycles. The number of pyridine rings is 1. The molecule has 0 bridgehead atoms. The minimum atomic E-state index is -1.15. The summed E-state index contributed by atoms with van der Waals surface area (Å²) in [5.74, 6) is -3.01. The highest BCUT2D eigenvalue weighted by molar-refractivity contribution is 6.33. The second-order valence-electron chi connectivity index (χ2n) is 3.73. The highest BCUT2D eigenvalue weighted by atomic mass is 35.5. The zero-order valence-electron chi connectivity index (χ0n) is 9.98. The third-order valence-corrected chi connectivity index (χ3v) is 2.65. The molecule has 1 aromatic carbocycles. The van der Waals surface area contributed by atoms with Gasteiger partial charge < -0.3 is 0 Å². The molecule has 20 heavy (non-hydrogen) atoms. The number of nitrogens with one attached hydrogen (secondary N) is 1. The van der Waals surface area contributed by atoms with Gasteiger partial charge in [-0.2, -0.15) is 5.10 Å². The number of nitrogens with zero attached hydrogens (tertiary/aromatic N) is 2. The van der Waals surface area contributed by atoms with E-state index in [1.165, 1.54) is 6.21 Å². The van der Waals surface area contributed by atoms with Crippen molar-refractivity contribution in [3.05, 3.63) is 64.4 Å². The molecule has 0 fully saturated rings. The first kappa shape index (κ1) is 14.1. The molecule has 0 aliphatic heterocycles. The van der Waals surface area contributed by atoms with E-state index in [1.807, 2.05) is 0 Å². The van der Waals surface area contributed by atoms with Crippen molar-refractivity contribution < 1.29 is 13.6 Å². The third kappa shape index (κ3) is 3.36. The Labute approximate surface area is 118 Å². The van der Waals surface area contributed by atoms with Crippen LogP contribution in [0.5, 0.6) is 0 Å². The summed E-state index contributed by atoms with van der Waals surface area (Å²) in [5, 5.41) is 3.49. The first-order valence-corrected chi connectivity index (χ1v) is 5.83. The van der Waals surface area contributed by atoms with Crippen molar-refractivity contribution in [2.45, 2.75) is 0 Å². The molecule has 0 atom stereocenters. The molecule has 0 radical (unpaired) electrons. The van der Waals surface area contributed by atoms with Gasteiger partial charge in [0.1, 0.15) is 0 Å². The first-order valence-electron chi connectivity index (χ1n) is 5.46. The molecule has 0 saturated carbocycles. The summed E-state index contributed by atoms with van der Waals surface area (Å²) >= 11 is 5.66. The number of hydrogen-bond donors (Lipinski definition) is 1. The van der Waals surface area contributed by atoms with E-state index in [-0.39, 0.29) is 10.6 Å². The standard InChI is InChI=1S/C13H8ClF2N3O/c14-10-6-12(16)11(15)5-9(10)13(20)19-18-7-8-1-3-17-4-2-8/h1-7H,(H,19,20)/b18-7-. The van der Waals surface area contributed by atoms with Gasteiger partial charge in [-0.05, 0) is 29.8 Å². The lowest BCUT2D eigenvalue weighted by molar-refractivity contribution is 0.0954. The van der Waals surface area contributed by atoms with Gasteiger partial charge in [0, 0.05) is 12.4 Å². The van der Waals surface area contributed by atoms with Crippen LogP contribution in [0.25, 0.3) is 0 Å². The van der Waals surface area contributed by atoms with Crippen molar-refractivity contribution in [1.29, 1.82) is 0 Å². The van der Waals surface area contributed by atoms with E-state index in [9.17, 15) is 13.6 Å². The molecule has 1 heterocycles. The normalized spacial score (nSPS) is 10.8. The topological polar surface area (TPSA) is 54.4 Å². The Morgan fingerprint density at radius 3 is 2.60 bits per heavy atom. The lowest BCUT2D eigenvalue weighted by Crippen LogP contribution is -2.18. The van der Waals surface area contributed by atoms with Crippen LogP contribution in [0.3, 0.4) is 0 Å². The highest BCUT2D eigenvalue weighted by Crippen LogP contribution is 2.19. The summed E-state index contributed by atoms with van der Waals surface area (Å²) in [5.41, 5.74) is 2.69. The molecule has 102 valence electrons. The summed E-state index contributed by atoms with van der Waals surface area (Å²) in [4.78, 5) is 15.5. The molecule has 7 heteroatoms. The molecule has 4 nitrogen and oxygen atoms in total. The second kappa shape index (κ2) is 6.21. The summed E-state index contributed by atoms with van der Waals surface area (Å²) in [6.45, 7) is 0. The predicted octanol–water partition coefficient (Wildman–Crippen LogP) is 2.78. The summed E-state index contributed by atoms with van der Waals surface area (Å²) in [6.07, 6.45) is 4.51. The van der Waals surface area contributed by atoms with Gasteiger partial charge in [-0.15, -0.1) is 0 Å². The molecular formula is C13H8ClF2N3O. The predicted molar refractivity (Wildman–Crippen MR) is 70.7 cm³/mol. The summed E-state index contributed by atoms with van der Waals surface area (Å²) < 4.78 is 25.9. The first-order chi connectivity index (χ1) is 9.58. The van der Waals surface area contributed by atoms with Gasteiger partial charge in [0.2, 0.25) is 0 Å². The Hall–Kier alpha value is -2.34. The number of benzene rings is 1. The minimum Gasteiger partial charge on any atom is -0.267 e. The van der Waals surface area contributed by atoms with Crippen molar-refractivity contribution in [3.8, 4) is 0 Å². The highest BCUT2D eigenvalue weighted by Gasteiger charge is 2.14. The van der Waals surface area contributed by atoms with Crippen molar-refractivity contribution >= 4 is 23.7 Å². The number of amides is 1. The molecule has 0 spiro atoms. The molecule has 0 saturated heterocycles. The average Bonchev–Trinajstić information content (AvgIpc) is 2.44. The van der Waals surface area contributed by atoms with Crippen LogP contribution in [0.15, 0.2) is 41.8 Å². The SMILES string of the molecule is O=C(N/N=C\c1ccncc1)c1cc(F)c(F)cc1Cl. The lowest BCUT2D eigenvalue weighted by atomic mass is 10.2. The maximum atomic E-state index is 13.0. The number of hydrogen-bond acceptors (Lipinski definition) is 3. The fourth-order valence-electron chi connectivity index (χ4n) is 1.37. The molecule has 1 amide bonds. The number of carbonyl (C=O) groups is 1. The lowest BCUT2D eigenvalue weighted by Gasteiger charge is -2.03. The van der Waals surface area contributed by atoms with Gasteiger partial charge in [0.25, 0.3) is 5.91 Å². The second-order valence-corrected chi connectivity index (χ2v) is 4.13. The van der Waals surface area contributed by atoms with Crippen molar-refractivity contribution in [1.82, 2.24) is 10.4 Å². The molecular weight excluding hydrogens is 288 g/mol. The van der Waals surface area contributed by atoms with Crippen LogP contribution in [0.2, 0.25) is 5.02 Å². The van der Waals surface area contributed by atoms with E-state index in [2.05, 4.69) is 15.5 Å². The molecule has 2 aromatic rings. The fourth-order valence-corrected chi connectivity index (χ4v) is 1.61. The minimum absolute atomic E-state index is 0.194. The Morgan fingerprint density at radius 2 is 1.90 bits per heavy atom. The quantitative estimate of drug-likeness (QED) is 0.538. The van der Waals surface area contributed by atoms with Crippen LogP contribution < -0.4 is 5.43 Å². The summed E-state index contributed by atoms with van der Waals surface area (Å²) in [7, 11) is 0. The van der Waals surface area contributed by atoms with Gasteiger partial charge in [0.05, 0.1) is 16.8 Å². The Balaban J connectivity index is 2.09. The van der Waals surface area contributed by atoms with Gasteiger partial charge in [0.15, 0.2) is 11.6 Å². The number of aromatic nitrogens is 1. The largest absolute Gasteiger partial charge is 0.272 e. The van der Waals surface area contributed by atoms with Gasteiger partial charge in [-0.3, -0.25) is 9.78 Å². The van der Waals surface area contributed by atoms with E-state index >= 15 is 0 Å². The van der Waals surface area contributed by atoms with E-state index in [0.717, 1.165) is 17.7 Å². The van der Waals surface area contributed by atoms with E-state index in [0.29, 0.717) is 0 Å². The van der Waals surface area contributed by atoms with Crippen molar-refractivity contribution in [2.75, 3.05) is 0 Å². The zero-order valence-corrected chi connectivity index (χ0v) is 10.7. The van der Waals surface area contributed by atoms with Crippen LogP contribution in [0.1, 0.15) is 15.9 Å². The van der Waals surface area contributed by atoms with Crippen LogP contribution in [-0.4, -0.2) is 17.1 Å². The van der Waals surface area contributed by atoms with Crippen molar-refractivity contribution in [2.24, 2.45) is 5.10 Å². The third-order valence-electron chi connectivity index (χ3n) is 2.34. The smallest absolute Gasteiger partial charge is 0.267 e. The molecule has 0 unspecified atom stereocenters. The van der Waals surface area contributed by atoms with Crippen LogP contribution in [-0.2, 0) is 0 Å². The maximum Gasteiger partial charge on any atom is 0.272 e. The molecule has 1 aromatic heterocycles. The van der Waals surface area contributed by atoms with Gasteiger partial charge in [-0.1, -0.05) is 11.6 Å². The zero-order chi connectivity index (χ0) is 14.5. The molecule has 2 rings (SSSR count). The number of rotatable bonds is 3. The Morgan fingerprint density at radius 1 is 1.25 bits per heavy atom. The summed E-state index contributed by atoms with van der Waals surface area (Å²) in [6, 6.07) is 4.81. The van der Waals surface area contributed by atoms with Crippen LogP contribution >= 0.6 is 11.6 Å². The van der Waals surface area contributed by atoms with E-state index < -0.39 is 17.5 Å². The van der Waals surface area contributed by atoms with E-state index in [4.69, 9.17) is 11.6 Å². The van der Waals surface area contributed by atoms with Crippen molar-refractivity contribution in [3.63, 3.8) is 0 Å². The Bertz CT molecular complexity index is 662. The van der Waals surface area contributed by atoms with Gasteiger partial charge in [-0.25, -0.2) is 14.2 Å². The Kier molecular flexibility index (Phi) is 4.37. The van der Waals surface area contributed by atoms with Crippen LogP contribution in [0, 0.1) is 11.6 Å². The number of halogens is 3. The van der Waals surface area contributed by atoms with Gasteiger partial charge >= 0.3 is 0 Å². The maximum absolute atomic E-state index is 13.0. The van der Waals surface area contributed by atoms with Crippen LogP contribution in [0.4, 0.5) is 8.78 Å².